The number of ether oxygens (including phenoxy) is 2. The first-order valence-corrected chi connectivity index (χ1v) is 8.05. The summed E-state index contributed by atoms with van der Waals surface area (Å²) in [6.07, 6.45) is -0.901. The average Bonchev–Trinajstić information content (AvgIpc) is 2.62. The third-order valence-corrected chi connectivity index (χ3v) is 3.64. The van der Waals surface area contributed by atoms with E-state index in [1.54, 1.807) is 26.0 Å². The molecule has 0 aliphatic rings. The van der Waals surface area contributed by atoms with Gasteiger partial charge in [-0.25, -0.2) is 22.0 Å². The lowest BCUT2D eigenvalue weighted by Crippen LogP contribution is -2.14. The van der Waals surface area contributed by atoms with Gasteiger partial charge in [-0.2, -0.15) is 0 Å². The van der Waals surface area contributed by atoms with Crippen molar-refractivity contribution in [2.75, 3.05) is 0 Å². The van der Waals surface area contributed by atoms with Gasteiger partial charge in [0.2, 0.25) is 5.82 Å². The van der Waals surface area contributed by atoms with E-state index in [1.165, 1.54) is 0 Å². The van der Waals surface area contributed by atoms with E-state index in [-0.39, 0.29) is 5.75 Å². The van der Waals surface area contributed by atoms with Crippen molar-refractivity contribution in [3.05, 3.63) is 64.0 Å². The molecule has 0 aliphatic heterocycles. The fraction of sp³-hybridized carbons (Fsp3) is 0.263. The standard InChI is InChI=1S/C19H15F5O4/c1-9-5-10(2)7-11(6-9)28-14(26)4-3-13(25)27-8-12-15(20)17(22)19(24)18(23)16(12)21/h5-7H,3-4,8H2,1-2H3. The molecule has 0 N–H and O–H groups in total. The molecule has 0 saturated carbocycles. The Balaban J connectivity index is 1.90. The van der Waals surface area contributed by atoms with Crippen LogP contribution in [0.3, 0.4) is 0 Å². The third-order valence-electron chi connectivity index (χ3n) is 3.64. The van der Waals surface area contributed by atoms with Crippen LogP contribution >= 0.6 is 0 Å². The van der Waals surface area contributed by atoms with Crippen molar-refractivity contribution < 1.29 is 41.0 Å². The van der Waals surface area contributed by atoms with Gasteiger partial charge in [0, 0.05) is 0 Å². The summed E-state index contributed by atoms with van der Waals surface area (Å²) in [5.74, 6) is -12.3. The molecule has 0 aromatic heterocycles. The largest absolute Gasteiger partial charge is 0.461 e. The van der Waals surface area contributed by atoms with Crippen LogP contribution in [0.25, 0.3) is 0 Å². The summed E-state index contributed by atoms with van der Waals surface area (Å²) in [5.41, 5.74) is 0.456. The lowest BCUT2D eigenvalue weighted by Gasteiger charge is -2.09. The molecule has 2 aromatic rings. The summed E-state index contributed by atoms with van der Waals surface area (Å²) in [5, 5.41) is 0. The van der Waals surface area contributed by atoms with Gasteiger partial charge in [0.25, 0.3) is 0 Å². The Hall–Kier alpha value is -2.97. The second kappa shape index (κ2) is 8.81. The van der Waals surface area contributed by atoms with Crippen LogP contribution in [-0.2, 0) is 20.9 Å². The molecule has 0 unspecified atom stereocenters. The normalized spacial score (nSPS) is 10.7. The zero-order valence-corrected chi connectivity index (χ0v) is 14.9. The molecule has 0 aliphatic carbocycles. The predicted molar refractivity (Wildman–Crippen MR) is 86.8 cm³/mol. The average molecular weight is 402 g/mol. The Morgan fingerprint density at radius 2 is 1.21 bits per heavy atom. The zero-order chi connectivity index (χ0) is 21.0. The number of aryl methyl sites for hydroxylation is 2. The smallest absolute Gasteiger partial charge is 0.311 e. The van der Waals surface area contributed by atoms with Crippen molar-refractivity contribution in [3.8, 4) is 5.75 Å². The predicted octanol–water partition coefficient (Wildman–Crippen LogP) is 4.43. The van der Waals surface area contributed by atoms with E-state index in [0.717, 1.165) is 11.1 Å². The Bertz CT molecular complexity index is 878. The van der Waals surface area contributed by atoms with E-state index < -0.39 is 66.0 Å². The van der Waals surface area contributed by atoms with Crippen LogP contribution in [-0.4, -0.2) is 11.9 Å². The highest BCUT2D eigenvalue weighted by Crippen LogP contribution is 2.24. The molecule has 28 heavy (non-hydrogen) atoms. The Morgan fingerprint density at radius 3 is 1.75 bits per heavy atom. The van der Waals surface area contributed by atoms with Gasteiger partial charge in [-0.3, -0.25) is 9.59 Å². The summed E-state index contributed by atoms with van der Waals surface area (Å²) < 4.78 is 75.6. The fourth-order valence-electron chi connectivity index (χ4n) is 2.38. The van der Waals surface area contributed by atoms with Crippen molar-refractivity contribution in [2.24, 2.45) is 0 Å². The summed E-state index contributed by atoms with van der Waals surface area (Å²) >= 11 is 0. The van der Waals surface area contributed by atoms with E-state index in [1.807, 2.05) is 6.07 Å². The number of esters is 2. The molecule has 150 valence electrons. The fourth-order valence-corrected chi connectivity index (χ4v) is 2.38. The number of carbonyl (C=O) groups excluding carboxylic acids is 2. The second-order valence-corrected chi connectivity index (χ2v) is 6.01. The molecule has 9 heteroatoms. The monoisotopic (exact) mass is 402 g/mol. The molecule has 2 aromatic carbocycles. The van der Waals surface area contributed by atoms with Gasteiger partial charge in [0.15, 0.2) is 23.3 Å². The van der Waals surface area contributed by atoms with Gasteiger partial charge in [0.05, 0.1) is 18.4 Å². The molecular formula is C19H15F5O4. The molecule has 0 bridgehead atoms. The summed E-state index contributed by atoms with van der Waals surface area (Å²) in [6.45, 7) is 2.44. The minimum absolute atomic E-state index is 0.289. The number of hydrogen-bond donors (Lipinski definition) is 0. The van der Waals surface area contributed by atoms with Gasteiger partial charge < -0.3 is 9.47 Å². The zero-order valence-electron chi connectivity index (χ0n) is 14.9. The van der Waals surface area contributed by atoms with Crippen LogP contribution < -0.4 is 4.74 Å². The number of halogens is 5. The lowest BCUT2D eigenvalue weighted by molar-refractivity contribution is -0.148. The van der Waals surface area contributed by atoms with E-state index in [4.69, 9.17) is 4.74 Å². The minimum Gasteiger partial charge on any atom is -0.461 e. The summed E-state index contributed by atoms with van der Waals surface area (Å²) in [7, 11) is 0. The SMILES string of the molecule is Cc1cc(C)cc(OC(=O)CCC(=O)OCc2c(F)c(F)c(F)c(F)c2F)c1. The quantitative estimate of drug-likeness (QED) is 0.236. The number of hydrogen-bond acceptors (Lipinski definition) is 4. The van der Waals surface area contributed by atoms with E-state index in [9.17, 15) is 31.5 Å². The van der Waals surface area contributed by atoms with Crippen molar-refractivity contribution in [3.63, 3.8) is 0 Å². The number of carbonyl (C=O) groups is 2. The molecule has 0 saturated heterocycles. The Kier molecular flexibility index (Phi) is 6.71. The molecular weight excluding hydrogens is 387 g/mol. The first-order chi connectivity index (χ1) is 13.1. The summed E-state index contributed by atoms with van der Waals surface area (Å²) in [6, 6.07) is 5.10. The molecule has 0 heterocycles. The topological polar surface area (TPSA) is 52.6 Å². The first-order valence-electron chi connectivity index (χ1n) is 8.05. The lowest BCUT2D eigenvalue weighted by atomic mass is 10.1. The highest BCUT2D eigenvalue weighted by atomic mass is 19.2. The maximum Gasteiger partial charge on any atom is 0.311 e. The van der Waals surface area contributed by atoms with Crippen molar-refractivity contribution >= 4 is 11.9 Å². The minimum atomic E-state index is -2.31. The maximum atomic E-state index is 13.5. The molecule has 2 rings (SSSR count). The Morgan fingerprint density at radius 1 is 0.750 bits per heavy atom. The molecule has 0 fully saturated rings. The number of benzene rings is 2. The van der Waals surface area contributed by atoms with Gasteiger partial charge in [-0.05, 0) is 37.1 Å². The molecule has 0 atom stereocenters. The van der Waals surface area contributed by atoms with Crippen LogP contribution in [0, 0.1) is 42.9 Å². The van der Waals surface area contributed by atoms with Crippen LogP contribution in [0.1, 0.15) is 29.5 Å². The van der Waals surface area contributed by atoms with E-state index in [0.29, 0.717) is 0 Å². The van der Waals surface area contributed by atoms with Crippen molar-refractivity contribution in [2.45, 2.75) is 33.3 Å². The molecule has 0 radical (unpaired) electrons. The maximum absolute atomic E-state index is 13.5. The van der Waals surface area contributed by atoms with Crippen LogP contribution in [0.5, 0.6) is 5.75 Å². The van der Waals surface area contributed by atoms with Gasteiger partial charge in [-0.15, -0.1) is 0 Å². The van der Waals surface area contributed by atoms with E-state index in [2.05, 4.69) is 4.74 Å². The summed E-state index contributed by atoms with van der Waals surface area (Å²) in [4.78, 5) is 23.4. The number of rotatable bonds is 6. The molecule has 0 spiro atoms. The van der Waals surface area contributed by atoms with Crippen molar-refractivity contribution in [1.82, 2.24) is 0 Å². The highest BCUT2D eigenvalue weighted by Gasteiger charge is 2.26. The van der Waals surface area contributed by atoms with E-state index >= 15 is 0 Å². The Labute approximate surface area is 156 Å². The van der Waals surface area contributed by atoms with Crippen LogP contribution in [0.2, 0.25) is 0 Å². The van der Waals surface area contributed by atoms with Crippen molar-refractivity contribution in [1.29, 1.82) is 0 Å². The molecule has 0 amide bonds. The van der Waals surface area contributed by atoms with Gasteiger partial charge in [0.1, 0.15) is 12.4 Å². The van der Waals surface area contributed by atoms with Gasteiger partial charge in [-0.1, -0.05) is 6.07 Å². The van der Waals surface area contributed by atoms with Crippen LogP contribution in [0.15, 0.2) is 18.2 Å². The second-order valence-electron chi connectivity index (χ2n) is 6.01. The third kappa shape index (κ3) is 5.05. The highest BCUT2D eigenvalue weighted by molar-refractivity contribution is 5.79. The van der Waals surface area contributed by atoms with Gasteiger partial charge >= 0.3 is 11.9 Å². The molecule has 4 nitrogen and oxygen atoms in total. The van der Waals surface area contributed by atoms with Crippen LogP contribution in [0.4, 0.5) is 22.0 Å². The first kappa shape index (κ1) is 21.3.